The molecule has 3 nitrogen and oxygen atoms in total. The molecular formula is C15H30N2O. The van der Waals surface area contributed by atoms with Crippen LogP contribution in [0.4, 0.5) is 0 Å². The van der Waals surface area contributed by atoms with Crippen molar-refractivity contribution in [2.45, 2.75) is 70.1 Å². The first-order valence-corrected chi connectivity index (χ1v) is 7.87. The summed E-state index contributed by atoms with van der Waals surface area (Å²) >= 11 is 0. The van der Waals surface area contributed by atoms with Gasteiger partial charge in [0.05, 0.1) is 6.10 Å². The Morgan fingerprint density at radius 3 is 2.94 bits per heavy atom. The molecule has 0 bridgehead atoms. The number of likely N-dealkylation sites (tertiary alicyclic amines) is 1. The van der Waals surface area contributed by atoms with Crippen molar-refractivity contribution in [1.29, 1.82) is 0 Å². The Morgan fingerprint density at radius 1 is 1.28 bits per heavy atom. The highest BCUT2D eigenvalue weighted by atomic mass is 16.5. The maximum atomic E-state index is 5.83. The molecule has 2 fully saturated rings. The Kier molecular flexibility index (Phi) is 5.93. The third-order valence-electron chi connectivity index (χ3n) is 4.66. The second kappa shape index (κ2) is 7.46. The topological polar surface area (TPSA) is 24.5 Å². The average molecular weight is 254 g/mol. The zero-order valence-corrected chi connectivity index (χ0v) is 12.2. The minimum Gasteiger partial charge on any atom is -0.378 e. The molecule has 3 unspecified atom stereocenters. The maximum Gasteiger partial charge on any atom is 0.0587 e. The Balaban J connectivity index is 1.90. The van der Waals surface area contributed by atoms with Gasteiger partial charge in [-0.15, -0.1) is 0 Å². The fraction of sp³-hybridized carbons (Fsp3) is 1.00. The molecule has 0 radical (unpaired) electrons. The maximum absolute atomic E-state index is 5.83. The second-order valence-electron chi connectivity index (χ2n) is 5.86. The van der Waals surface area contributed by atoms with Crippen molar-refractivity contribution in [1.82, 2.24) is 10.2 Å². The Hall–Kier alpha value is -0.120. The monoisotopic (exact) mass is 254 g/mol. The van der Waals surface area contributed by atoms with Crippen molar-refractivity contribution in [3.05, 3.63) is 0 Å². The number of piperidine rings is 1. The van der Waals surface area contributed by atoms with E-state index in [-0.39, 0.29) is 0 Å². The van der Waals surface area contributed by atoms with E-state index in [1.165, 1.54) is 51.5 Å². The van der Waals surface area contributed by atoms with Gasteiger partial charge in [-0.05, 0) is 58.7 Å². The van der Waals surface area contributed by atoms with Crippen LogP contribution >= 0.6 is 0 Å². The van der Waals surface area contributed by atoms with Gasteiger partial charge in [-0.1, -0.05) is 13.3 Å². The summed E-state index contributed by atoms with van der Waals surface area (Å²) in [4.78, 5) is 2.81. The lowest BCUT2D eigenvalue weighted by molar-refractivity contribution is -0.0451. The third kappa shape index (κ3) is 3.69. The standard InChI is InChI=1S/C15H30N2O/c1-3-15-12-14(8-11-18-15)17-10-5-4-6-13(17)7-9-16-2/h13-16H,3-12H2,1-2H3. The summed E-state index contributed by atoms with van der Waals surface area (Å²) in [6.07, 6.45) is 9.70. The van der Waals surface area contributed by atoms with Crippen LogP contribution in [0.25, 0.3) is 0 Å². The van der Waals surface area contributed by atoms with E-state index in [0.29, 0.717) is 6.10 Å². The van der Waals surface area contributed by atoms with Crippen molar-refractivity contribution >= 4 is 0 Å². The Morgan fingerprint density at radius 2 is 2.17 bits per heavy atom. The van der Waals surface area contributed by atoms with E-state index in [1.54, 1.807) is 0 Å². The first-order valence-electron chi connectivity index (χ1n) is 7.87. The lowest BCUT2D eigenvalue weighted by Gasteiger charge is -2.44. The van der Waals surface area contributed by atoms with Crippen LogP contribution in [0.2, 0.25) is 0 Å². The van der Waals surface area contributed by atoms with Gasteiger partial charge >= 0.3 is 0 Å². The van der Waals surface area contributed by atoms with Crippen LogP contribution in [0, 0.1) is 0 Å². The predicted octanol–water partition coefficient (Wildman–Crippen LogP) is 2.41. The quantitative estimate of drug-likeness (QED) is 0.815. The summed E-state index contributed by atoms with van der Waals surface area (Å²) in [6.45, 7) is 5.69. The first kappa shape index (κ1) is 14.3. The molecule has 0 aromatic heterocycles. The number of nitrogens with zero attached hydrogens (tertiary/aromatic N) is 1. The highest BCUT2D eigenvalue weighted by Crippen LogP contribution is 2.28. The molecule has 106 valence electrons. The smallest absolute Gasteiger partial charge is 0.0587 e. The fourth-order valence-corrected chi connectivity index (χ4v) is 3.57. The van der Waals surface area contributed by atoms with E-state index in [9.17, 15) is 0 Å². The second-order valence-corrected chi connectivity index (χ2v) is 5.86. The van der Waals surface area contributed by atoms with Gasteiger partial charge < -0.3 is 10.1 Å². The van der Waals surface area contributed by atoms with Gasteiger partial charge in [0.15, 0.2) is 0 Å². The summed E-state index contributed by atoms with van der Waals surface area (Å²) in [6, 6.07) is 1.60. The summed E-state index contributed by atoms with van der Waals surface area (Å²) in [5, 5.41) is 3.31. The van der Waals surface area contributed by atoms with Gasteiger partial charge in [-0.25, -0.2) is 0 Å². The van der Waals surface area contributed by atoms with Gasteiger partial charge in [0.25, 0.3) is 0 Å². The van der Waals surface area contributed by atoms with Crippen LogP contribution in [0.1, 0.15) is 51.9 Å². The van der Waals surface area contributed by atoms with E-state index in [2.05, 4.69) is 24.2 Å². The summed E-state index contributed by atoms with van der Waals surface area (Å²) < 4.78 is 5.83. The van der Waals surface area contributed by atoms with Crippen LogP contribution in [0.15, 0.2) is 0 Å². The molecule has 3 heteroatoms. The van der Waals surface area contributed by atoms with Crippen LogP contribution < -0.4 is 5.32 Å². The Bertz CT molecular complexity index is 235. The van der Waals surface area contributed by atoms with Crippen molar-refractivity contribution < 1.29 is 4.74 Å². The lowest BCUT2D eigenvalue weighted by Crippen LogP contribution is -2.50. The van der Waals surface area contributed by atoms with E-state index in [1.807, 2.05) is 0 Å². The van der Waals surface area contributed by atoms with Crippen LogP contribution in [0.3, 0.4) is 0 Å². The summed E-state index contributed by atoms with van der Waals surface area (Å²) in [7, 11) is 2.06. The minimum absolute atomic E-state index is 0.510. The molecular weight excluding hydrogens is 224 g/mol. The van der Waals surface area contributed by atoms with E-state index < -0.39 is 0 Å². The molecule has 0 saturated carbocycles. The van der Waals surface area contributed by atoms with E-state index in [0.717, 1.165) is 25.2 Å². The molecule has 0 aliphatic carbocycles. The number of rotatable bonds is 5. The van der Waals surface area contributed by atoms with Crippen LogP contribution in [-0.2, 0) is 4.74 Å². The van der Waals surface area contributed by atoms with Crippen molar-refractivity contribution in [2.75, 3.05) is 26.7 Å². The molecule has 2 aliphatic heterocycles. The average Bonchev–Trinajstić information content (AvgIpc) is 2.45. The van der Waals surface area contributed by atoms with E-state index >= 15 is 0 Å². The first-order chi connectivity index (χ1) is 8.85. The van der Waals surface area contributed by atoms with Crippen LogP contribution in [0.5, 0.6) is 0 Å². The van der Waals surface area contributed by atoms with Crippen molar-refractivity contribution in [3.8, 4) is 0 Å². The zero-order valence-electron chi connectivity index (χ0n) is 12.2. The number of ether oxygens (including phenoxy) is 1. The SMILES string of the molecule is CCC1CC(N2CCCCC2CCNC)CCO1. The molecule has 0 aromatic rings. The van der Waals surface area contributed by atoms with Gasteiger partial charge in [0.1, 0.15) is 0 Å². The molecule has 2 rings (SSSR count). The molecule has 3 atom stereocenters. The largest absolute Gasteiger partial charge is 0.378 e. The highest BCUT2D eigenvalue weighted by molar-refractivity contribution is 4.86. The predicted molar refractivity (Wildman–Crippen MR) is 75.9 cm³/mol. The summed E-state index contributed by atoms with van der Waals surface area (Å²) in [5.41, 5.74) is 0. The van der Waals surface area contributed by atoms with Crippen LogP contribution in [-0.4, -0.2) is 49.8 Å². The van der Waals surface area contributed by atoms with Crippen molar-refractivity contribution in [3.63, 3.8) is 0 Å². The minimum atomic E-state index is 0.510. The highest BCUT2D eigenvalue weighted by Gasteiger charge is 2.32. The number of nitrogens with one attached hydrogen (secondary N) is 1. The van der Waals surface area contributed by atoms with Gasteiger partial charge in [0.2, 0.25) is 0 Å². The molecule has 2 heterocycles. The number of hydrogen-bond acceptors (Lipinski definition) is 3. The molecule has 18 heavy (non-hydrogen) atoms. The lowest BCUT2D eigenvalue weighted by atomic mass is 9.92. The molecule has 2 saturated heterocycles. The fourth-order valence-electron chi connectivity index (χ4n) is 3.57. The number of hydrogen-bond donors (Lipinski definition) is 1. The zero-order chi connectivity index (χ0) is 12.8. The van der Waals surface area contributed by atoms with Gasteiger partial charge in [0, 0.05) is 18.7 Å². The van der Waals surface area contributed by atoms with Crippen molar-refractivity contribution in [2.24, 2.45) is 0 Å². The molecule has 1 N–H and O–H groups in total. The molecule has 2 aliphatic rings. The van der Waals surface area contributed by atoms with Gasteiger partial charge in [-0.2, -0.15) is 0 Å². The third-order valence-corrected chi connectivity index (χ3v) is 4.66. The molecule has 0 spiro atoms. The van der Waals surface area contributed by atoms with Gasteiger partial charge in [-0.3, -0.25) is 4.90 Å². The molecule has 0 aromatic carbocycles. The molecule has 0 amide bonds. The Labute approximate surface area is 112 Å². The normalized spacial score (nSPS) is 34.7. The summed E-state index contributed by atoms with van der Waals surface area (Å²) in [5.74, 6) is 0. The van der Waals surface area contributed by atoms with E-state index in [4.69, 9.17) is 4.74 Å².